The van der Waals surface area contributed by atoms with E-state index in [0.29, 0.717) is 0 Å². The molecular formula is C7H9N3S. The van der Waals surface area contributed by atoms with Crippen LogP contribution in [0.4, 0.5) is 5.82 Å². The van der Waals surface area contributed by atoms with Crippen LogP contribution in [0.15, 0.2) is 31.0 Å². The SMILES string of the molecule is C=CCSNc1cccnn1. The van der Waals surface area contributed by atoms with Crippen molar-refractivity contribution in [3.8, 4) is 0 Å². The summed E-state index contributed by atoms with van der Waals surface area (Å²) in [5, 5.41) is 7.55. The van der Waals surface area contributed by atoms with Crippen molar-refractivity contribution in [3.63, 3.8) is 0 Å². The fourth-order valence-corrected chi connectivity index (χ4v) is 0.988. The summed E-state index contributed by atoms with van der Waals surface area (Å²) < 4.78 is 3.02. The molecule has 0 saturated carbocycles. The monoisotopic (exact) mass is 167 g/mol. The summed E-state index contributed by atoms with van der Waals surface area (Å²) in [6.07, 6.45) is 3.47. The molecule has 0 bridgehead atoms. The minimum absolute atomic E-state index is 0.777. The molecule has 4 heteroatoms. The Morgan fingerprint density at radius 3 is 3.27 bits per heavy atom. The second kappa shape index (κ2) is 4.73. The molecule has 0 aliphatic carbocycles. The Balaban J connectivity index is 2.33. The lowest BCUT2D eigenvalue weighted by Crippen LogP contribution is -1.91. The lowest BCUT2D eigenvalue weighted by Gasteiger charge is -1.98. The fraction of sp³-hybridized carbons (Fsp3) is 0.143. The van der Waals surface area contributed by atoms with Crippen LogP contribution in [0.5, 0.6) is 0 Å². The zero-order valence-electron chi connectivity index (χ0n) is 6.03. The molecule has 3 nitrogen and oxygen atoms in total. The Hall–Kier alpha value is -1.03. The number of anilines is 1. The minimum Gasteiger partial charge on any atom is -0.313 e. The first-order valence-electron chi connectivity index (χ1n) is 3.20. The minimum atomic E-state index is 0.777. The Labute approximate surface area is 70.1 Å². The van der Waals surface area contributed by atoms with Crippen LogP contribution in [0.1, 0.15) is 0 Å². The van der Waals surface area contributed by atoms with Gasteiger partial charge in [0.25, 0.3) is 0 Å². The highest BCUT2D eigenvalue weighted by atomic mass is 32.2. The second-order valence-electron chi connectivity index (χ2n) is 1.81. The van der Waals surface area contributed by atoms with Crippen molar-refractivity contribution in [2.75, 3.05) is 10.5 Å². The van der Waals surface area contributed by atoms with Gasteiger partial charge in [-0.25, -0.2) is 0 Å². The smallest absolute Gasteiger partial charge is 0.158 e. The van der Waals surface area contributed by atoms with Gasteiger partial charge in [-0.3, -0.25) is 0 Å². The number of aromatic nitrogens is 2. The quantitative estimate of drug-likeness (QED) is 0.421. The highest BCUT2D eigenvalue weighted by molar-refractivity contribution is 8.00. The maximum atomic E-state index is 3.83. The Kier molecular flexibility index (Phi) is 3.47. The second-order valence-corrected chi connectivity index (χ2v) is 2.64. The molecule has 0 spiro atoms. The van der Waals surface area contributed by atoms with Crippen molar-refractivity contribution in [3.05, 3.63) is 31.0 Å². The largest absolute Gasteiger partial charge is 0.313 e. The highest BCUT2D eigenvalue weighted by Crippen LogP contribution is 2.06. The Morgan fingerprint density at radius 1 is 1.73 bits per heavy atom. The van der Waals surface area contributed by atoms with Crippen molar-refractivity contribution in [2.24, 2.45) is 0 Å². The molecule has 0 saturated heterocycles. The molecule has 0 aromatic carbocycles. The summed E-state index contributed by atoms with van der Waals surface area (Å²) >= 11 is 1.54. The molecule has 1 rings (SSSR count). The number of hydrogen-bond donors (Lipinski definition) is 1. The van der Waals surface area contributed by atoms with Crippen LogP contribution in [0.25, 0.3) is 0 Å². The summed E-state index contributed by atoms with van der Waals surface area (Å²) in [5.74, 6) is 1.63. The topological polar surface area (TPSA) is 37.8 Å². The van der Waals surface area contributed by atoms with E-state index in [1.165, 1.54) is 11.9 Å². The fourth-order valence-electron chi connectivity index (χ4n) is 0.531. The van der Waals surface area contributed by atoms with Crippen LogP contribution < -0.4 is 4.72 Å². The first-order valence-corrected chi connectivity index (χ1v) is 4.18. The molecular weight excluding hydrogens is 158 g/mol. The van der Waals surface area contributed by atoms with E-state index in [-0.39, 0.29) is 0 Å². The van der Waals surface area contributed by atoms with Gasteiger partial charge in [0.1, 0.15) is 0 Å². The van der Waals surface area contributed by atoms with Crippen molar-refractivity contribution in [2.45, 2.75) is 0 Å². The average Bonchev–Trinajstić information content (AvgIpc) is 2.07. The van der Waals surface area contributed by atoms with Gasteiger partial charge in [-0.2, -0.15) is 5.10 Å². The number of hydrogen-bond acceptors (Lipinski definition) is 4. The summed E-state index contributed by atoms with van der Waals surface area (Å²) in [4.78, 5) is 0. The van der Waals surface area contributed by atoms with Crippen LogP contribution in [0.2, 0.25) is 0 Å². The van der Waals surface area contributed by atoms with Crippen molar-refractivity contribution < 1.29 is 0 Å². The van der Waals surface area contributed by atoms with E-state index in [1.54, 1.807) is 6.20 Å². The van der Waals surface area contributed by atoms with Crippen LogP contribution in [0.3, 0.4) is 0 Å². The molecule has 0 fully saturated rings. The molecule has 0 radical (unpaired) electrons. The summed E-state index contributed by atoms with van der Waals surface area (Å²) in [6.45, 7) is 3.59. The van der Waals surface area contributed by atoms with E-state index in [1.807, 2.05) is 18.2 Å². The number of nitrogens with one attached hydrogen (secondary N) is 1. The maximum Gasteiger partial charge on any atom is 0.158 e. The lowest BCUT2D eigenvalue weighted by molar-refractivity contribution is 1.04. The zero-order valence-corrected chi connectivity index (χ0v) is 6.84. The normalized spacial score (nSPS) is 9.09. The first-order chi connectivity index (χ1) is 5.43. The molecule has 1 heterocycles. The molecule has 11 heavy (non-hydrogen) atoms. The maximum absolute atomic E-state index is 3.83. The number of rotatable bonds is 4. The predicted octanol–water partition coefficient (Wildman–Crippen LogP) is 1.72. The first kappa shape index (κ1) is 8.07. The van der Waals surface area contributed by atoms with Gasteiger partial charge in [0.2, 0.25) is 0 Å². The predicted molar refractivity (Wildman–Crippen MR) is 48.3 cm³/mol. The van der Waals surface area contributed by atoms with Gasteiger partial charge < -0.3 is 4.72 Å². The lowest BCUT2D eigenvalue weighted by atomic mass is 10.6. The third-order valence-corrected chi connectivity index (χ3v) is 1.71. The van der Waals surface area contributed by atoms with Gasteiger partial charge in [-0.15, -0.1) is 11.7 Å². The van der Waals surface area contributed by atoms with E-state index in [9.17, 15) is 0 Å². The van der Waals surface area contributed by atoms with Gasteiger partial charge in [0.05, 0.1) is 0 Å². The van der Waals surface area contributed by atoms with E-state index >= 15 is 0 Å². The van der Waals surface area contributed by atoms with Crippen molar-refractivity contribution in [1.29, 1.82) is 0 Å². The van der Waals surface area contributed by atoms with E-state index in [0.717, 1.165) is 11.6 Å². The van der Waals surface area contributed by atoms with E-state index < -0.39 is 0 Å². The molecule has 1 N–H and O–H groups in total. The Morgan fingerprint density at radius 2 is 2.64 bits per heavy atom. The van der Waals surface area contributed by atoms with Crippen molar-refractivity contribution >= 4 is 17.8 Å². The zero-order chi connectivity index (χ0) is 7.94. The third-order valence-electron chi connectivity index (χ3n) is 0.950. The summed E-state index contributed by atoms with van der Waals surface area (Å²) in [7, 11) is 0. The van der Waals surface area contributed by atoms with Gasteiger partial charge in [0.15, 0.2) is 5.82 Å². The highest BCUT2D eigenvalue weighted by Gasteiger charge is 1.88. The van der Waals surface area contributed by atoms with Crippen molar-refractivity contribution in [1.82, 2.24) is 10.2 Å². The molecule has 0 aliphatic heterocycles. The third kappa shape index (κ3) is 3.04. The summed E-state index contributed by atoms with van der Waals surface area (Å²) in [5.41, 5.74) is 0. The molecule has 1 aromatic heterocycles. The van der Waals surface area contributed by atoms with Gasteiger partial charge in [-0.1, -0.05) is 6.08 Å². The van der Waals surface area contributed by atoms with Gasteiger partial charge >= 0.3 is 0 Å². The number of nitrogens with zero attached hydrogens (tertiary/aromatic N) is 2. The van der Waals surface area contributed by atoms with Gasteiger partial charge in [-0.05, 0) is 24.1 Å². The van der Waals surface area contributed by atoms with Crippen LogP contribution in [-0.2, 0) is 0 Å². The Bertz CT molecular complexity index is 212. The summed E-state index contributed by atoms with van der Waals surface area (Å²) in [6, 6.07) is 3.70. The molecule has 0 aliphatic rings. The standard InChI is InChI=1S/C7H9N3S/c1-2-6-11-10-7-4-3-5-8-9-7/h2-5H,1,6H2,(H,9,10). The van der Waals surface area contributed by atoms with Crippen LogP contribution in [0, 0.1) is 0 Å². The molecule has 58 valence electrons. The molecule has 0 atom stereocenters. The average molecular weight is 167 g/mol. The van der Waals surface area contributed by atoms with Crippen LogP contribution in [-0.4, -0.2) is 16.0 Å². The van der Waals surface area contributed by atoms with E-state index in [2.05, 4.69) is 21.5 Å². The molecule has 1 aromatic rings. The molecule has 0 unspecified atom stereocenters. The van der Waals surface area contributed by atoms with E-state index in [4.69, 9.17) is 0 Å². The van der Waals surface area contributed by atoms with Crippen LogP contribution >= 0.6 is 11.9 Å². The van der Waals surface area contributed by atoms with Gasteiger partial charge in [0, 0.05) is 11.9 Å². The molecule has 0 amide bonds.